The molecule has 0 bridgehead atoms. The number of halogens is 3. The maximum absolute atomic E-state index is 12.3. The predicted octanol–water partition coefficient (Wildman–Crippen LogP) is 5.54. The number of thioether (sulfide) groups is 1. The van der Waals surface area contributed by atoms with E-state index in [1.807, 2.05) is 0 Å². The van der Waals surface area contributed by atoms with Crippen LogP contribution in [0.25, 0.3) is 0 Å². The van der Waals surface area contributed by atoms with Gasteiger partial charge in [0.15, 0.2) is 0 Å². The molecule has 0 heterocycles. The van der Waals surface area contributed by atoms with E-state index in [2.05, 4.69) is 26.1 Å². The van der Waals surface area contributed by atoms with E-state index in [0.717, 1.165) is 12.1 Å². The van der Waals surface area contributed by atoms with Crippen molar-refractivity contribution in [2.24, 2.45) is 11.3 Å². The minimum Gasteiger partial charge on any atom is -0.382 e. The van der Waals surface area contributed by atoms with Gasteiger partial charge in [0.25, 0.3) is 0 Å². The largest absolute Gasteiger partial charge is 0.446 e. The zero-order valence-corrected chi connectivity index (χ0v) is 12.7. The van der Waals surface area contributed by atoms with E-state index >= 15 is 0 Å². The fourth-order valence-corrected chi connectivity index (χ4v) is 3.59. The second kappa shape index (κ2) is 5.51. The molecule has 0 aliphatic heterocycles. The van der Waals surface area contributed by atoms with Gasteiger partial charge >= 0.3 is 5.51 Å². The van der Waals surface area contributed by atoms with Gasteiger partial charge in [-0.25, -0.2) is 0 Å². The highest BCUT2D eigenvalue weighted by molar-refractivity contribution is 8.00. The summed E-state index contributed by atoms with van der Waals surface area (Å²) in [7, 11) is 0. The molecule has 1 saturated carbocycles. The molecule has 0 radical (unpaired) electrons. The first-order valence-electron chi connectivity index (χ1n) is 6.77. The minimum absolute atomic E-state index is 0.0753. The Morgan fingerprint density at radius 1 is 1.15 bits per heavy atom. The number of alkyl halides is 3. The van der Waals surface area contributed by atoms with Gasteiger partial charge in [-0.1, -0.05) is 20.8 Å². The van der Waals surface area contributed by atoms with E-state index in [1.54, 1.807) is 12.1 Å². The lowest BCUT2D eigenvalue weighted by Crippen LogP contribution is -2.22. The van der Waals surface area contributed by atoms with Gasteiger partial charge in [0.2, 0.25) is 0 Å². The van der Waals surface area contributed by atoms with E-state index in [4.69, 9.17) is 0 Å². The van der Waals surface area contributed by atoms with Crippen LogP contribution in [-0.4, -0.2) is 11.6 Å². The van der Waals surface area contributed by atoms with Crippen molar-refractivity contribution in [1.82, 2.24) is 0 Å². The van der Waals surface area contributed by atoms with Crippen LogP contribution in [-0.2, 0) is 0 Å². The Bertz CT molecular complexity index is 453. The van der Waals surface area contributed by atoms with Crippen molar-refractivity contribution in [2.75, 3.05) is 5.32 Å². The Labute approximate surface area is 122 Å². The number of anilines is 1. The van der Waals surface area contributed by atoms with E-state index < -0.39 is 5.51 Å². The summed E-state index contributed by atoms with van der Waals surface area (Å²) in [5.74, 6) is 0.578. The van der Waals surface area contributed by atoms with Crippen LogP contribution in [0.5, 0.6) is 0 Å². The summed E-state index contributed by atoms with van der Waals surface area (Å²) in [6.07, 6.45) is 2.26. The molecule has 2 rings (SSSR count). The lowest BCUT2D eigenvalue weighted by Gasteiger charge is -2.20. The van der Waals surface area contributed by atoms with Crippen LogP contribution in [0.1, 0.15) is 33.6 Å². The molecule has 1 aromatic rings. The van der Waals surface area contributed by atoms with Gasteiger partial charge < -0.3 is 5.32 Å². The summed E-state index contributed by atoms with van der Waals surface area (Å²) in [6, 6.07) is 6.89. The number of benzene rings is 1. The standard InChI is InChI=1S/C15H20F3NS/c1-10-8-14(2,3)9-13(10)19-11-4-6-12(7-5-11)20-15(16,17)18/h4-7,10,13,19H,8-9H2,1-3H3. The van der Waals surface area contributed by atoms with Gasteiger partial charge in [0.1, 0.15) is 0 Å². The second-order valence-corrected chi connectivity index (χ2v) is 7.51. The Morgan fingerprint density at radius 3 is 2.20 bits per heavy atom. The minimum atomic E-state index is -4.22. The molecule has 0 amide bonds. The first-order chi connectivity index (χ1) is 9.15. The van der Waals surface area contributed by atoms with Crippen LogP contribution in [0.2, 0.25) is 0 Å². The summed E-state index contributed by atoms with van der Waals surface area (Å²) in [5.41, 5.74) is -2.99. The van der Waals surface area contributed by atoms with Crippen molar-refractivity contribution < 1.29 is 13.2 Å². The summed E-state index contributed by atoms with van der Waals surface area (Å²) in [6.45, 7) is 6.74. The number of rotatable bonds is 3. The van der Waals surface area contributed by atoms with Crippen LogP contribution < -0.4 is 5.32 Å². The van der Waals surface area contributed by atoms with Crippen molar-refractivity contribution in [3.63, 3.8) is 0 Å². The van der Waals surface area contributed by atoms with Crippen LogP contribution in [0.4, 0.5) is 18.9 Å². The maximum atomic E-state index is 12.3. The highest BCUT2D eigenvalue weighted by atomic mass is 32.2. The molecule has 1 aromatic carbocycles. The molecule has 1 aliphatic rings. The third-order valence-electron chi connectivity index (χ3n) is 3.77. The Kier molecular flexibility index (Phi) is 4.28. The molecule has 0 spiro atoms. The Morgan fingerprint density at radius 2 is 1.75 bits per heavy atom. The highest BCUT2D eigenvalue weighted by Crippen LogP contribution is 2.42. The molecule has 1 aliphatic carbocycles. The topological polar surface area (TPSA) is 12.0 Å². The lowest BCUT2D eigenvalue weighted by molar-refractivity contribution is -0.0328. The molecule has 0 saturated heterocycles. The fourth-order valence-electron chi connectivity index (χ4n) is 3.05. The third-order valence-corrected chi connectivity index (χ3v) is 4.51. The molecule has 5 heteroatoms. The van der Waals surface area contributed by atoms with Gasteiger partial charge in [0.05, 0.1) is 0 Å². The molecule has 112 valence electrons. The summed E-state index contributed by atoms with van der Waals surface area (Å²) in [4.78, 5) is 0.225. The Balaban J connectivity index is 1.98. The molecule has 1 N–H and O–H groups in total. The van der Waals surface area contributed by atoms with Gasteiger partial charge in [-0.05, 0) is 60.2 Å². The molecule has 1 nitrogen and oxygen atoms in total. The molecule has 2 unspecified atom stereocenters. The molecular formula is C15H20F3NS. The van der Waals surface area contributed by atoms with Gasteiger partial charge in [0, 0.05) is 16.6 Å². The molecule has 0 aromatic heterocycles. The smallest absolute Gasteiger partial charge is 0.382 e. The lowest BCUT2D eigenvalue weighted by atomic mass is 9.91. The van der Waals surface area contributed by atoms with Crippen LogP contribution in [0.3, 0.4) is 0 Å². The monoisotopic (exact) mass is 303 g/mol. The number of nitrogens with one attached hydrogen (secondary N) is 1. The van der Waals surface area contributed by atoms with Crippen LogP contribution >= 0.6 is 11.8 Å². The van der Waals surface area contributed by atoms with Gasteiger partial charge in [-0.2, -0.15) is 13.2 Å². The normalized spacial score (nSPS) is 25.7. The van der Waals surface area contributed by atoms with Crippen molar-refractivity contribution in [3.05, 3.63) is 24.3 Å². The molecule has 2 atom stereocenters. The highest BCUT2D eigenvalue weighted by Gasteiger charge is 2.36. The quantitative estimate of drug-likeness (QED) is 0.736. The fraction of sp³-hybridized carbons (Fsp3) is 0.600. The first kappa shape index (κ1) is 15.5. The Hall–Kier alpha value is -0.840. The van der Waals surface area contributed by atoms with E-state index in [0.29, 0.717) is 17.4 Å². The van der Waals surface area contributed by atoms with Crippen LogP contribution in [0.15, 0.2) is 29.2 Å². The maximum Gasteiger partial charge on any atom is 0.446 e. The van der Waals surface area contributed by atoms with E-state index in [-0.39, 0.29) is 16.7 Å². The average molecular weight is 303 g/mol. The zero-order valence-electron chi connectivity index (χ0n) is 11.9. The van der Waals surface area contributed by atoms with Crippen LogP contribution in [0, 0.1) is 11.3 Å². The van der Waals surface area contributed by atoms with E-state index in [1.165, 1.54) is 18.6 Å². The average Bonchev–Trinajstić information content (AvgIpc) is 2.52. The number of hydrogen-bond donors (Lipinski definition) is 1. The summed E-state index contributed by atoms with van der Waals surface area (Å²) in [5, 5.41) is 3.45. The van der Waals surface area contributed by atoms with E-state index in [9.17, 15) is 13.2 Å². The van der Waals surface area contributed by atoms with Gasteiger partial charge in [-0.3, -0.25) is 0 Å². The second-order valence-electron chi connectivity index (χ2n) is 6.37. The summed E-state index contributed by atoms with van der Waals surface area (Å²) >= 11 is -0.0753. The molecule has 1 fully saturated rings. The first-order valence-corrected chi connectivity index (χ1v) is 7.59. The zero-order chi connectivity index (χ0) is 15.0. The molecular weight excluding hydrogens is 283 g/mol. The van der Waals surface area contributed by atoms with Crippen molar-refractivity contribution in [3.8, 4) is 0 Å². The molecule has 20 heavy (non-hydrogen) atoms. The van der Waals surface area contributed by atoms with Crippen molar-refractivity contribution in [1.29, 1.82) is 0 Å². The van der Waals surface area contributed by atoms with Gasteiger partial charge in [-0.15, -0.1) is 0 Å². The number of hydrogen-bond acceptors (Lipinski definition) is 2. The predicted molar refractivity (Wildman–Crippen MR) is 77.9 cm³/mol. The van der Waals surface area contributed by atoms with Crippen molar-refractivity contribution in [2.45, 2.75) is 50.1 Å². The SMILES string of the molecule is CC1CC(C)(C)CC1Nc1ccc(SC(F)(F)F)cc1. The summed E-state index contributed by atoms with van der Waals surface area (Å²) < 4.78 is 36.8. The van der Waals surface area contributed by atoms with Crippen molar-refractivity contribution >= 4 is 17.4 Å². The third kappa shape index (κ3) is 4.33.